The van der Waals surface area contributed by atoms with Crippen LogP contribution in [-0.4, -0.2) is 166 Å². The molecule has 0 unspecified atom stereocenters. The fourth-order valence-corrected chi connectivity index (χ4v) is 9.70. The first-order valence-corrected chi connectivity index (χ1v) is 34.5. The van der Waals surface area contributed by atoms with Crippen molar-refractivity contribution in [2.24, 2.45) is 23.3 Å². The van der Waals surface area contributed by atoms with E-state index in [9.17, 15) is 38.7 Å². The molecular formula is C48H74I2N10O18V. The molecule has 9 rings (SSSR count). The summed E-state index contributed by atoms with van der Waals surface area (Å²) in [4.78, 5) is 90.9. The van der Waals surface area contributed by atoms with Crippen molar-refractivity contribution in [3.05, 3.63) is 24.3 Å². The van der Waals surface area contributed by atoms with Crippen molar-refractivity contribution in [1.29, 1.82) is 0 Å². The third-order valence-electron chi connectivity index (χ3n) is 13.0. The van der Waals surface area contributed by atoms with Crippen LogP contribution in [-0.2, 0) is 66.4 Å². The number of nitrogens with two attached hydrogens (primary N) is 2. The van der Waals surface area contributed by atoms with Crippen molar-refractivity contribution in [1.82, 2.24) is 39.7 Å². The molecule has 79 heavy (non-hydrogen) atoms. The third kappa shape index (κ3) is 16.4. The Hall–Kier alpha value is -3.87. The molecule has 7 aliphatic rings. The number of halogens is 2. The summed E-state index contributed by atoms with van der Waals surface area (Å²) in [6.45, 7) is 17.0. The fourth-order valence-electron chi connectivity index (χ4n) is 9.70. The van der Waals surface area contributed by atoms with Crippen molar-refractivity contribution >= 4 is 82.0 Å². The van der Waals surface area contributed by atoms with Crippen molar-refractivity contribution in [3.8, 4) is 0 Å². The van der Waals surface area contributed by atoms with E-state index in [4.69, 9.17) is 54.1 Å². The van der Waals surface area contributed by atoms with Crippen LogP contribution < -0.4 is 16.8 Å². The number of amides is 5. The van der Waals surface area contributed by atoms with Gasteiger partial charge in [0.15, 0.2) is 24.0 Å². The summed E-state index contributed by atoms with van der Waals surface area (Å²) in [6, 6.07) is -1.82. The van der Waals surface area contributed by atoms with Gasteiger partial charge in [-0.3, -0.25) is 9.59 Å². The zero-order valence-corrected chi connectivity index (χ0v) is 50.7. The molecule has 5 amide bonds. The van der Waals surface area contributed by atoms with E-state index in [1.54, 1.807) is 69.2 Å². The van der Waals surface area contributed by atoms with Crippen LogP contribution in [0.25, 0.3) is 0 Å². The monoisotopic (exact) mass is 1380 g/mol. The summed E-state index contributed by atoms with van der Waals surface area (Å²) < 4.78 is 59.9. The molecule has 28 nitrogen and oxygen atoms in total. The van der Waals surface area contributed by atoms with E-state index in [0.717, 1.165) is 56.3 Å². The fraction of sp³-hybridized carbons (Fsp3) is 0.771. The van der Waals surface area contributed by atoms with Crippen molar-refractivity contribution in [3.63, 3.8) is 0 Å². The number of nitrogens with one attached hydrogen (secondary N) is 1. The van der Waals surface area contributed by atoms with Gasteiger partial charge in [-0.05, 0) is 79.1 Å². The van der Waals surface area contributed by atoms with Gasteiger partial charge >= 0.3 is 79.6 Å². The van der Waals surface area contributed by atoms with E-state index >= 15 is 0 Å². The number of hydrogen-bond donors (Lipinski definition) is 4. The Labute approximate surface area is 486 Å². The number of primary amides is 2. The first-order chi connectivity index (χ1) is 36.5. The number of carbonyl (C=O) groups excluding carboxylic acids is 7. The number of aromatic nitrogens is 6. The van der Waals surface area contributed by atoms with Crippen molar-refractivity contribution in [2.75, 3.05) is 13.2 Å². The van der Waals surface area contributed by atoms with Crippen molar-refractivity contribution in [2.45, 2.75) is 212 Å². The van der Waals surface area contributed by atoms with Gasteiger partial charge in [-0.1, -0.05) is 35.1 Å². The number of nitrogens with zero attached hydrogens (tertiary/aromatic N) is 7. The molecule has 0 aromatic carbocycles. The second-order valence-corrected chi connectivity index (χ2v) is 33.8. The number of aliphatic hydroxyl groups excluding tert-OH is 1. The first-order valence-electron chi connectivity index (χ1n) is 25.5. The summed E-state index contributed by atoms with van der Waals surface area (Å²) >= 11 is 4.74. The van der Waals surface area contributed by atoms with E-state index in [1.165, 1.54) is 22.0 Å². The van der Waals surface area contributed by atoms with Gasteiger partial charge in [0.05, 0.1) is 6.61 Å². The molecule has 7 heterocycles. The minimum atomic E-state index is -0.969. The van der Waals surface area contributed by atoms with Crippen LogP contribution in [0.2, 0.25) is 0 Å². The predicted molar refractivity (Wildman–Crippen MR) is 286 cm³/mol. The molecule has 5 saturated heterocycles. The first kappa shape index (κ1) is 65.9. The molecule has 7 fully saturated rings. The summed E-state index contributed by atoms with van der Waals surface area (Å²) in [5.74, 6) is -4.78. The molecule has 5 aliphatic heterocycles. The van der Waals surface area contributed by atoms with Crippen LogP contribution in [0.15, 0.2) is 12.7 Å². The molecule has 10 atom stereocenters. The molecule has 0 radical (unpaired) electrons. The van der Waals surface area contributed by atoms with Gasteiger partial charge in [0.1, 0.15) is 79.2 Å². The SMILES string of the molecule is C.CC(C)[C@H](NC(=O)OC(C)(C)C)C(=O)OC[C@@H]1O[C@H](n2cnc(C(N)=O)n2)[C@H]2OC3(CCCC3)O[C@H]21.CC(C)[C@H]1C(=O)OC(=O)N1C(=O)OC(C)(C)C.NC(=O)c1ncn([C@H]2O[C@@H](CO)[C@@H]3OC4(CCCC4)O[C@@H]32)n1.[I][V][I]. The Balaban J connectivity index is 0.000000228. The van der Waals surface area contributed by atoms with Crippen molar-refractivity contribution < 1.29 is 95.5 Å². The molecule has 2 aromatic rings. The van der Waals surface area contributed by atoms with E-state index < -0.39 is 120 Å². The molecule has 443 valence electrons. The van der Waals surface area contributed by atoms with Crippen LogP contribution in [0, 0.1) is 11.8 Å². The average Bonchev–Trinajstić information content (AvgIpc) is 4.29. The molecule has 6 N–H and O–H groups in total. The van der Waals surface area contributed by atoms with Crippen LogP contribution in [0.4, 0.5) is 14.4 Å². The summed E-state index contributed by atoms with van der Waals surface area (Å²) in [5, 5.41) is 20.2. The number of imide groups is 1. The van der Waals surface area contributed by atoms with Gasteiger partial charge in [0, 0.05) is 25.7 Å². The zero-order valence-electron chi connectivity index (χ0n) is 45.0. The van der Waals surface area contributed by atoms with Crippen LogP contribution in [0.1, 0.15) is 162 Å². The Bertz CT molecular complexity index is 2460. The normalized spacial score (nSPS) is 27.3. The summed E-state index contributed by atoms with van der Waals surface area (Å²) in [6.07, 6.45) is 3.13. The third-order valence-corrected chi connectivity index (χ3v) is 13.0. The van der Waals surface area contributed by atoms with Crippen LogP contribution >= 0.6 is 40.0 Å². The number of alkyl carbamates (subject to hydrolysis) is 1. The minimum absolute atomic E-state index is 0. The van der Waals surface area contributed by atoms with Gasteiger partial charge in [-0.25, -0.2) is 43.3 Å². The zero-order chi connectivity index (χ0) is 57.7. The number of fused-ring (bicyclic) bond motifs is 2. The maximum atomic E-state index is 12.9. The molecule has 2 spiro atoms. The second kappa shape index (κ2) is 27.5. The number of rotatable bonds is 11. The Morgan fingerprint density at radius 3 is 1.58 bits per heavy atom. The van der Waals surface area contributed by atoms with Crippen LogP contribution in [0.5, 0.6) is 0 Å². The molecular weight excluding hydrogens is 1310 g/mol. The number of carbonyl (C=O) groups is 7. The van der Waals surface area contributed by atoms with E-state index in [1.807, 2.05) is 0 Å². The number of ether oxygens (including phenoxy) is 10. The van der Waals surface area contributed by atoms with E-state index in [0.29, 0.717) is 9.47 Å². The van der Waals surface area contributed by atoms with E-state index in [-0.39, 0.29) is 50.2 Å². The van der Waals surface area contributed by atoms with Gasteiger partial charge in [-0.2, -0.15) is 4.90 Å². The average molecular weight is 1380 g/mol. The molecule has 2 aliphatic carbocycles. The Morgan fingerprint density at radius 2 is 1.19 bits per heavy atom. The predicted octanol–water partition coefficient (Wildman–Crippen LogP) is 5.07. The summed E-state index contributed by atoms with van der Waals surface area (Å²) in [5.41, 5.74) is 9.02. The Morgan fingerprint density at radius 1 is 0.759 bits per heavy atom. The van der Waals surface area contributed by atoms with Gasteiger partial charge in [-0.15, -0.1) is 10.2 Å². The van der Waals surface area contributed by atoms with Gasteiger partial charge in [0.2, 0.25) is 11.6 Å². The van der Waals surface area contributed by atoms with E-state index in [2.05, 4.69) is 70.2 Å². The number of aliphatic hydroxyl groups is 1. The van der Waals surface area contributed by atoms with Gasteiger partial charge < -0.3 is 69.3 Å². The summed E-state index contributed by atoms with van der Waals surface area (Å²) in [7, 11) is 0.628. The van der Waals surface area contributed by atoms with Gasteiger partial charge in [0.25, 0.3) is 11.8 Å². The topological polar surface area (TPSA) is 361 Å². The molecule has 2 aromatic heterocycles. The standard InChI is InChI=1S/C23H35N5O8.C13H18N4O5.C11H17NO5.CH4.2HI.V/c1-12(2)14(26-21(31)36-22(3,4)5)20(30)32-10-13-15-16(35-23(34-15)8-6-7-9-23)19(33-13)28-11-25-18(27-28)17(24)29;14-10(19)11-15-6-17(16-11)12-9-8(7(5-18)20-12)21-13(22-9)3-1-2-4-13;1-6(2)7-8(13)16-9(14)12(7)10(15)17-11(3,4)5;;;;/h11-16,19H,6-10H2,1-5H3,(H2,24,29)(H,26,31);6-9,12,18H,1-5H2,(H2,14,19);6-7H,1-5H3;1H4;2*1H;/q;;;;;;+2/p-2/t13-,14-,15-,16-,19-;7-,8-,9-,12-;7-;;;;/m000..../s1. The van der Waals surface area contributed by atoms with Crippen LogP contribution in [0.3, 0.4) is 0 Å². The quantitative estimate of drug-likeness (QED) is 0.0987. The number of esters is 2. The molecule has 2 saturated carbocycles. The maximum absolute atomic E-state index is 12.9. The molecule has 0 bridgehead atoms. The second-order valence-electron chi connectivity index (χ2n) is 22.0. The number of hydrogen-bond acceptors (Lipinski definition) is 22. The number of cyclic esters (lactones) is 2. The molecule has 31 heteroatoms. The Kier molecular flexibility index (Phi) is 22.9.